The third-order valence-corrected chi connectivity index (χ3v) is 5.34. The first kappa shape index (κ1) is 19.0. The van der Waals surface area contributed by atoms with Crippen LogP contribution in [0.1, 0.15) is 44.9 Å². The topological polar surface area (TPSA) is 66.8 Å². The molecule has 1 N–H and O–H groups in total. The minimum absolute atomic E-state index is 0.0452. The second-order valence-corrected chi connectivity index (χ2v) is 6.88. The van der Waals surface area contributed by atoms with Crippen molar-refractivity contribution in [3.8, 4) is 0 Å². The molecular weight excluding hydrogens is 327 g/mol. The lowest BCUT2D eigenvalue weighted by molar-refractivity contribution is -0.184. The smallest absolute Gasteiger partial charge is 0.391 e. The normalized spacial score (nSPS) is 31.2. The standard InChI is InChI=1S/C16H24F3NO4/c1-24-10-15(14(22)23)7-2-8-20(15)13(21)9-11-3-5-12(6-4-11)16(17,18)19/h11-12H,2-10H2,1H3,(H,22,23). The highest BCUT2D eigenvalue weighted by atomic mass is 19.4. The number of carboxylic acid groups (broad SMARTS) is 1. The number of likely N-dealkylation sites (tertiary alicyclic amines) is 1. The highest BCUT2D eigenvalue weighted by molar-refractivity contribution is 5.88. The van der Waals surface area contributed by atoms with Gasteiger partial charge in [-0.1, -0.05) is 0 Å². The van der Waals surface area contributed by atoms with Crippen molar-refractivity contribution >= 4 is 11.9 Å². The lowest BCUT2D eigenvalue weighted by atomic mass is 9.80. The first-order valence-electron chi connectivity index (χ1n) is 8.30. The van der Waals surface area contributed by atoms with Crippen molar-refractivity contribution in [3.05, 3.63) is 0 Å². The van der Waals surface area contributed by atoms with E-state index in [-0.39, 0.29) is 37.7 Å². The van der Waals surface area contributed by atoms with E-state index >= 15 is 0 Å². The minimum Gasteiger partial charge on any atom is -0.479 e. The van der Waals surface area contributed by atoms with Crippen LogP contribution in [-0.2, 0) is 14.3 Å². The van der Waals surface area contributed by atoms with Crippen LogP contribution in [0.3, 0.4) is 0 Å². The Morgan fingerprint density at radius 2 is 1.88 bits per heavy atom. The highest BCUT2D eigenvalue weighted by Gasteiger charge is 2.50. The summed E-state index contributed by atoms with van der Waals surface area (Å²) in [5.41, 5.74) is -1.34. The zero-order valence-corrected chi connectivity index (χ0v) is 13.8. The summed E-state index contributed by atoms with van der Waals surface area (Å²) in [5, 5.41) is 9.55. The van der Waals surface area contributed by atoms with Crippen LogP contribution in [0.2, 0.25) is 0 Å². The second-order valence-electron chi connectivity index (χ2n) is 6.88. The number of rotatable bonds is 5. The number of carboxylic acids is 1. The second kappa shape index (κ2) is 7.29. The van der Waals surface area contributed by atoms with E-state index < -0.39 is 23.6 Å². The quantitative estimate of drug-likeness (QED) is 0.827. The Morgan fingerprint density at radius 3 is 2.38 bits per heavy atom. The molecule has 5 nitrogen and oxygen atoms in total. The number of alkyl halides is 3. The molecule has 138 valence electrons. The Kier molecular flexibility index (Phi) is 5.78. The summed E-state index contributed by atoms with van der Waals surface area (Å²) in [7, 11) is 1.39. The van der Waals surface area contributed by atoms with Gasteiger partial charge in [-0.05, 0) is 44.4 Å². The lowest BCUT2D eigenvalue weighted by Crippen LogP contribution is -2.56. The summed E-state index contributed by atoms with van der Waals surface area (Å²) in [4.78, 5) is 25.6. The molecule has 2 fully saturated rings. The maximum Gasteiger partial charge on any atom is 0.391 e. The molecular formula is C16H24F3NO4. The molecule has 1 aliphatic carbocycles. The maximum atomic E-state index is 12.7. The number of ether oxygens (including phenoxy) is 1. The summed E-state index contributed by atoms with van der Waals surface area (Å²) in [6.07, 6.45) is -2.33. The molecule has 1 saturated carbocycles. The molecule has 0 aromatic heterocycles. The monoisotopic (exact) mass is 351 g/mol. The summed E-state index contributed by atoms with van der Waals surface area (Å²) in [6.45, 7) is 0.279. The predicted octanol–water partition coefficient (Wildman–Crippen LogP) is 2.84. The Bertz CT molecular complexity index is 474. The predicted molar refractivity (Wildman–Crippen MR) is 79.3 cm³/mol. The van der Waals surface area contributed by atoms with E-state index in [1.165, 1.54) is 12.0 Å². The largest absolute Gasteiger partial charge is 0.479 e. The number of halogens is 3. The van der Waals surface area contributed by atoms with Gasteiger partial charge in [-0.15, -0.1) is 0 Å². The van der Waals surface area contributed by atoms with Crippen LogP contribution in [0.25, 0.3) is 0 Å². The molecule has 1 saturated heterocycles. The van der Waals surface area contributed by atoms with E-state index in [0.29, 0.717) is 32.2 Å². The molecule has 1 atom stereocenters. The summed E-state index contributed by atoms with van der Waals surface area (Å²) >= 11 is 0. The van der Waals surface area contributed by atoms with Crippen molar-refractivity contribution in [3.63, 3.8) is 0 Å². The maximum absolute atomic E-state index is 12.7. The average Bonchev–Trinajstić information content (AvgIpc) is 2.92. The Balaban J connectivity index is 1.96. The summed E-state index contributed by atoms with van der Waals surface area (Å²) in [5.74, 6) is -2.76. The van der Waals surface area contributed by atoms with Crippen molar-refractivity contribution in [1.82, 2.24) is 4.90 Å². The number of aliphatic carboxylic acids is 1. The Labute approximate surface area is 139 Å². The third kappa shape index (κ3) is 3.84. The summed E-state index contributed by atoms with van der Waals surface area (Å²) < 4.78 is 43.1. The molecule has 24 heavy (non-hydrogen) atoms. The molecule has 2 aliphatic rings. The lowest BCUT2D eigenvalue weighted by Gasteiger charge is -2.36. The van der Waals surface area contributed by atoms with Crippen molar-refractivity contribution in [2.45, 2.75) is 56.7 Å². The van der Waals surface area contributed by atoms with Gasteiger partial charge in [-0.2, -0.15) is 13.2 Å². The molecule has 0 aromatic carbocycles. The average molecular weight is 351 g/mol. The summed E-state index contributed by atoms with van der Waals surface area (Å²) in [6, 6.07) is 0. The van der Waals surface area contributed by atoms with E-state index in [1.54, 1.807) is 0 Å². The van der Waals surface area contributed by atoms with Crippen LogP contribution in [0.4, 0.5) is 13.2 Å². The molecule has 0 bridgehead atoms. The van der Waals surface area contributed by atoms with Crippen LogP contribution >= 0.6 is 0 Å². The van der Waals surface area contributed by atoms with E-state index in [2.05, 4.69) is 0 Å². The van der Waals surface area contributed by atoms with Crippen molar-refractivity contribution in [2.24, 2.45) is 11.8 Å². The zero-order valence-electron chi connectivity index (χ0n) is 13.8. The van der Waals surface area contributed by atoms with E-state index in [0.717, 1.165) is 0 Å². The number of carbonyl (C=O) groups excluding carboxylic acids is 1. The first-order valence-corrected chi connectivity index (χ1v) is 8.30. The number of hydrogen-bond acceptors (Lipinski definition) is 3. The molecule has 0 aromatic rings. The van der Waals surface area contributed by atoms with Crippen molar-refractivity contribution in [1.29, 1.82) is 0 Å². The first-order chi connectivity index (χ1) is 11.2. The zero-order chi connectivity index (χ0) is 18.0. The van der Waals surface area contributed by atoms with Gasteiger partial charge in [0.25, 0.3) is 0 Å². The number of hydrogen-bond donors (Lipinski definition) is 1. The molecule has 1 heterocycles. The van der Waals surface area contributed by atoms with Gasteiger partial charge < -0.3 is 14.7 Å². The van der Waals surface area contributed by atoms with E-state index in [1.807, 2.05) is 0 Å². The molecule has 0 radical (unpaired) electrons. The van der Waals surface area contributed by atoms with Gasteiger partial charge in [0.1, 0.15) is 0 Å². The van der Waals surface area contributed by atoms with Crippen molar-refractivity contribution < 1.29 is 32.6 Å². The number of carbonyl (C=O) groups is 2. The number of methoxy groups -OCH3 is 1. The fraction of sp³-hybridized carbons (Fsp3) is 0.875. The SMILES string of the molecule is COCC1(C(=O)O)CCCN1C(=O)CC1CCC(C(F)(F)F)CC1. The van der Waals surface area contributed by atoms with Crippen LogP contribution in [0.15, 0.2) is 0 Å². The minimum atomic E-state index is -4.17. The molecule has 1 unspecified atom stereocenters. The number of amides is 1. The van der Waals surface area contributed by atoms with Crippen LogP contribution in [-0.4, -0.2) is 53.9 Å². The van der Waals surface area contributed by atoms with Gasteiger partial charge in [0, 0.05) is 20.1 Å². The molecule has 8 heteroatoms. The van der Waals surface area contributed by atoms with Gasteiger partial charge in [0.15, 0.2) is 5.54 Å². The third-order valence-electron chi connectivity index (χ3n) is 5.34. The number of nitrogens with zero attached hydrogens (tertiary/aromatic N) is 1. The fourth-order valence-electron chi connectivity index (χ4n) is 3.97. The molecule has 0 spiro atoms. The van der Waals surface area contributed by atoms with Gasteiger partial charge in [0.2, 0.25) is 5.91 Å². The van der Waals surface area contributed by atoms with E-state index in [4.69, 9.17) is 4.74 Å². The Hall–Kier alpha value is -1.31. The van der Waals surface area contributed by atoms with Crippen LogP contribution in [0.5, 0.6) is 0 Å². The van der Waals surface area contributed by atoms with Gasteiger partial charge in [-0.3, -0.25) is 4.79 Å². The van der Waals surface area contributed by atoms with E-state index in [9.17, 15) is 27.9 Å². The molecule has 2 rings (SSSR count). The van der Waals surface area contributed by atoms with Crippen molar-refractivity contribution in [2.75, 3.05) is 20.3 Å². The van der Waals surface area contributed by atoms with Gasteiger partial charge >= 0.3 is 12.1 Å². The molecule has 1 aliphatic heterocycles. The molecule has 1 amide bonds. The van der Waals surface area contributed by atoms with Gasteiger partial charge in [0.05, 0.1) is 12.5 Å². The van der Waals surface area contributed by atoms with Crippen LogP contribution in [0, 0.1) is 11.8 Å². The van der Waals surface area contributed by atoms with Crippen LogP contribution < -0.4 is 0 Å². The highest BCUT2D eigenvalue weighted by Crippen LogP contribution is 2.41. The Morgan fingerprint density at radius 1 is 1.25 bits per heavy atom. The van der Waals surface area contributed by atoms with Gasteiger partial charge in [-0.25, -0.2) is 4.79 Å². The fourth-order valence-corrected chi connectivity index (χ4v) is 3.97.